The second kappa shape index (κ2) is 18.7. The van der Waals surface area contributed by atoms with Crippen LogP contribution < -0.4 is 10.6 Å². The van der Waals surface area contributed by atoms with Gasteiger partial charge in [-0.25, -0.2) is 0 Å². The third-order valence-electron chi connectivity index (χ3n) is 3.56. The monoisotopic (exact) mass is 402 g/mol. The number of aliphatic carboxylic acids is 1. The molecule has 0 spiro atoms. The van der Waals surface area contributed by atoms with Crippen LogP contribution >= 0.6 is 0 Å². The minimum absolute atomic E-state index is 0.00842. The van der Waals surface area contributed by atoms with Crippen LogP contribution in [0.4, 0.5) is 0 Å². The molecule has 0 fully saturated rings. The Bertz CT molecular complexity index is 627. The van der Waals surface area contributed by atoms with E-state index in [9.17, 15) is 4.79 Å². The van der Waals surface area contributed by atoms with E-state index in [4.69, 9.17) is 16.5 Å². The molecule has 29 heavy (non-hydrogen) atoms. The Morgan fingerprint density at radius 2 is 2.03 bits per heavy atom. The van der Waals surface area contributed by atoms with Gasteiger partial charge in [0.25, 0.3) is 0 Å². The molecule has 0 aromatic rings. The van der Waals surface area contributed by atoms with E-state index in [2.05, 4.69) is 35.9 Å². The topological polar surface area (TPSA) is 77.0 Å². The summed E-state index contributed by atoms with van der Waals surface area (Å²) in [5.74, 6) is -0.843. The van der Waals surface area contributed by atoms with Gasteiger partial charge in [0.15, 0.2) is 0 Å². The molecule has 6 nitrogen and oxygen atoms in total. The van der Waals surface area contributed by atoms with Crippen LogP contribution in [-0.2, 0) is 4.79 Å². The predicted molar refractivity (Wildman–Crippen MR) is 125 cm³/mol. The van der Waals surface area contributed by atoms with E-state index in [1.54, 1.807) is 11.9 Å². The Hall–Kier alpha value is -2.62. The molecule has 0 aliphatic heterocycles. The first-order valence-corrected chi connectivity index (χ1v) is 9.71. The van der Waals surface area contributed by atoms with Gasteiger partial charge in [-0.1, -0.05) is 31.1 Å². The highest BCUT2D eigenvalue weighted by molar-refractivity contribution is 5.96. The fourth-order valence-corrected chi connectivity index (χ4v) is 2.40. The van der Waals surface area contributed by atoms with Crippen molar-refractivity contribution in [3.63, 3.8) is 0 Å². The Kier molecular flexibility index (Phi) is 18.5. The van der Waals surface area contributed by atoms with Crippen LogP contribution in [0, 0.1) is 12.5 Å². The molecule has 1 atom stereocenters. The standard InChI is InChI=1S/C21H34N4O2.C2H4/c1-7-10-19(15-25(6)16-21(26)27)24-18(5)12-11-17(4)13-20(23-9-3)14-22-8-2;1-2/h3,7,10-11,13,18,22-23H,8,12,14-16H2,1-2,4-6H3,(H,26,27);1-2H2/b10-7-,17-11-,20-13-,24-19?;. The molecule has 0 saturated heterocycles. The molecule has 162 valence electrons. The summed E-state index contributed by atoms with van der Waals surface area (Å²) in [5.41, 5.74) is 2.94. The third-order valence-corrected chi connectivity index (χ3v) is 3.56. The fraction of sp³-hybridized carbons (Fsp3) is 0.478. The largest absolute Gasteiger partial charge is 0.480 e. The summed E-state index contributed by atoms with van der Waals surface area (Å²) in [6, 6.07) is 2.55. The molecule has 0 rings (SSSR count). The highest BCUT2D eigenvalue weighted by Crippen LogP contribution is 2.06. The zero-order valence-corrected chi connectivity index (χ0v) is 18.7. The lowest BCUT2D eigenvalue weighted by molar-refractivity contribution is -0.137. The SMILES string of the molecule is C#CN/C(=C\C(C)=C/CC(C)N=C(/C=C\C)CN(C)CC(=O)O)CNCC.C=C. The van der Waals surface area contributed by atoms with Crippen molar-refractivity contribution in [2.45, 2.75) is 40.2 Å². The van der Waals surface area contributed by atoms with Crippen molar-refractivity contribution in [2.75, 3.05) is 33.2 Å². The molecule has 6 heteroatoms. The van der Waals surface area contributed by atoms with Crippen molar-refractivity contribution in [2.24, 2.45) is 4.99 Å². The van der Waals surface area contributed by atoms with Crippen LogP contribution in [0.15, 0.2) is 53.7 Å². The second-order valence-corrected chi connectivity index (χ2v) is 6.44. The average Bonchev–Trinajstić information content (AvgIpc) is 2.65. The summed E-state index contributed by atoms with van der Waals surface area (Å²) in [6.07, 6.45) is 14.1. The number of hydrogen-bond donors (Lipinski definition) is 3. The molecular formula is C23H38N4O2. The minimum atomic E-state index is -0.843. The van der Waals surface area contributed by atoms with Gasteiger partial charge < -0.3 is 15.7 Å². The third kappa shape index (κ3) is 17.2. The zero-order valence-electron chi connectivity index (χ0n) is 18.7. The number of hydrogen-bond acceptors (Lipinski definition) is 5. The van der Waals surface area contributed by atoms with Gasteiger partial charge in [-0.3, -0.25) is 14.7 Å². The molecular weight excluding hydrogens is 364 g/mol. The summed E-state index contributed by atoms with van der Waals surface area (Å²) in [7, 11) is 1.77. The lowest BCUT2D eigenvalue weighted by Gasteiger charge is -2.15. The molecule has 1 unspecified atom stereocenters. The smallest absolute Gasteiger partial charge is 0.317 e. The molecule has 0 saturated carbocycles. The highest BCUT2D eigenvalue weighted by Gasteiger charge is 2.07. The highest BCUT2D eigenvalue weighted by atomic mass is 16.4. The summed E-state index contributed by atoms with van der Waals surface area (Å²) in [4.78, 5) is 17.3. The fourth-order valence-electron chi connectivity index (χ4n) is 2.40. The number of carboxylic acid groups (broad SMARTS) is 1. The zero-order chi connectivity index (χ0) is 22.7. The molecule has 0 aliphatic rings. The lowest BCUT2D eigenvalue weighted by Crippen LogP contribution is -2.30. The van der Waals surface area contributed by atoms with E-state index >= 15 is 0 Å². The first-order valence-electron chi connectivity index (χ1n) is 9.71. The second-order valence-electron chi connectivity index (χ2n) is 6.44. The number of carbonyl (C=O) groups is 1. The van der Waals surface area contributed by atoms with Crippen molar-refractivity contribution in [3.05, 3.63) is 48.7 Å². The van der Waals surface area contributed by atoms with E-state index in [0.717, 1.165) is 29.9 Å². The Balaban J connectivity index is 0. The van der Waals surface area contributed by atoms with Crippen molar-refractivity contribution >= 4 is 11.7 Å². The molecule has 0 amide bonds. The maximum Gasteiger partial charge on any atom is 0.317 e. The number of likely N-dealkylation sites (N-methyl/N-ethyl adjacent to an activating group) is 2. The van der Waals surface area contributed by atoms with E-state index in [1.165, 1.54) is 0 Å². The summed E-state index contributed by atoms with van der Waals surface area (Å²) in [6.45, 7) is 16.1. The summed E-state index contributed by atoms with van der Waals surface area (Å²) in [5, 5.41) is 15.0. The van der Waals surface area contributed by atoms with Gasteiger partial charge in [0.1, 0.15) is 0 Å². The van der Waals surface area contributed by atoms with Crippen LogP contribution in [0.1, 0.15) is 34.1 Å². The van der Waals surface area contributed by atoms with Gasteiger partial charge in [0, 0.05) is 30.5 Å². The number of nitrogens with zero attached hydrogens (tertiary/aromatic N) is 2. The van der Waals surface area contributed by atoms with Gasteiger partial charge in [-0.15, -0.1) is 13.2 Å². The number of terminal acetylenes is 1. The predicted octanol–water partition coefficient (Wildman–Crippen LogP) is 3.22. The average molecular weight is 403 g/mol. The van der Waals surface area contributed by atoms with Gasteiger partial charge in [-0.05, 0) is 52.9 Å². The summed E-state index contributed by atoms with van der Waals surface area (Å²) < 4.78 is 0. The molecule has 0 bridgehead atoms. The number of allylic oxidation sites excluding steroid dienone is 3. The number of carboxylic acids is 1. The van der Waals surface area contributed by atoms with Gasteiger partial charge in [0.2, 0.25) is 0 Å². The normalized spacial score (nSPS) is 13.6. The van der Waals surface area contributed by atoms with Crippen LogP contribution in [-0.4, -0.2) is 61.0 Å². The molecule has 0 aromatic heterocycles. The van der Waals surface area contributed by atoms with E-state index < -0.39 is 5.97 Å². The summed E-state index contributed by atoms with van der Waals surface area (Å²) >= 11 is 0. The van der Waals surface area contributed by atoms with E-state index in [0.29, 0.717) is 13.1 Å². The Morgan fingerprint density at radius 1 is 1.38 bits per heavy atom. The Labute approximate surface area is 177 Å². The quantitative estimate of drug-likeness (QED) is 0.145. The maximum atomic E-state index is 10.8. The molecule has 0 heterocycles. The van der Waals surface area contributed by atoms with Gasteiger partial charge in [0.05, 0.1) is 12.6 Å². The number of rotatable bonds is 13. The van der Waals surface area contributed by atoms with Crippen molar-refractivity contribution < 1.29 is 9.90 Å². The van der Waals surface area contributed by atoms with Crippen LogP contribution in [0.3, 0.4) is 0 Å². The molecule has 0 aliphatic carbocycles. The van der Waals surface area contributed by atoms with Crippen molar-refractivity contribution in [1.29, 1.82) is 0 Å². The first-order chi connectivity index (χ1) is 13.8. The first kappa shape index (κ1) is 28.6. The van der Waals surface area contributed by atoms with Crippen LogP contribution in [0.5, 0.6) is 0 Å². The van der Waals surface area contributed by atoms with Crippen LogP contribution in [0.25, 0.3) is 0 Å². The van der Waals surface area contributed by atoms with Gasteiger partial charge >= 0.3 is 5.97 Å². The van der Waals surface area contributed by atoms with Crippen molar-refractivity contribution in [1.82, 2.24) is 15.5 Å². The molecule has 0 aromatic carbocycles. The van der Waals surface area contributed by atoms with Gasteiger partial charge in [-0.2, -0.15) is 0 Å². The van der Waals surface area contributed by atoms with Crippen LogP contribution in [0.2, 0.25) is 0 Å². The molecule has 0 radical (unpaired) electrons. The Morgan fingerprint density at radius 3 is 2.55 bits per heavy atom. The molecule has 3 N–H and O–H groups in total. The van der Waals surface area contributed by atoms with Crippen molar-refractivity contribution in [3.8, 4) is 12.5 Å². The minimum Gasteiger partial charge on any atom is -0.480 e. The maximum absolute atomic E-state index is 10.8. The number of nitrogens with one attached hydrogen (secondary N) is 2. The lowest BCUT2D eigenvalue weighted by atomic mass is 10.1. The van der Waals surface area contributed by atoms with E-state index in [1.807, 2.05) is 45.9 Å². The number of aliphatic imine (C=N–C) groups is 1. The van der Waals surface area contributed by atoms with E-state index in [-0.39, 0.29) is 12.6 Å².